The van der Waals surface area contributed by atoms with E-state index < -0.39 is 6.36 Å². The van der Waals surface area contributed by atoms with Gasteiger partial charge in [0.2, 0.25) is 6.41 Å². The summed E-state index contributed by atoms with van der Waals surface area (Å²) in [7, 11) is 0. The van der Waals surface area contributed by atoms with Gasteiger partial charge in [0, 0.05) is 19.0 Å². The molecule has 1 aliphatic heterocycles. The largest absolute Gasteiger partial charge is 0.522 e. The molecule has 1 fully saturated rings. The van der Waals surface area contributed by atoms with Crippen molar-refractivity contribution in [3.8, 4) is 0 Å². The summed E-state index contributed by atoms with van der Waals surface area (Å²) in [5, 5.41) is 0. The monoisotopic (exact) mass is 183 g/mol. The highest BCUT2D eigenvalue weighted by Crippen LogP contribution is 2.20. The Kier molecular flexibility index (Phi) is 2.56. The number of carbonyl (C=O) groups excluding carboxylic acids is 1. The number of hydrogen-bond acceptors (Lipinski definition) is 2. The number of alkyl halides is 3. The Bertz CT molecular complexity index is 165. The Balaban J connectivity index is 2.08. The third-order valence-corrected chi connectivity index (χ3v) is 1.62. The van der Waals surface area contributed by atoms with Crippen LogP contribution in [0.5, 0.6) is 0 Å². The van der Waals surface area contributed by atoms with E-state index in [1.807, 2.05) is 0 Å². The number of carbonyl (C=O) groups is 1. The minimum absolute atomic E-state index is 0.170. The zero-order valence-electron chi connectivity index (χ0n) is 6.17. The first-order valence-electron chi connectivity index (χ1n) is 3.41. The zero-order valence-corrected chi connectivity index (χ0v) is 6.17. The van der Waals surface area contributed by atoms with Crippen LogP contribution in [0.2, 0.25) is 0 Å². The molecule has 0 spiro atoms. The molecule has 0 radical (unpaired) electrons. The molecule has 1 aliphatic rings. The van der Waals surface area contributed by atoms with Crippen molar-refractivity contribution in [3.05, 3.63) is 0 Å². The second kappa shape index (κ2) is 3.30. The smallest absolute Gasteiger partial charge is 0.344 e. The second-order valence-electron chi connectivity index (χ2n) is 2.68. The molecule has 0 N–H and O–H groups in total. The summed E-state index contributed by atoms with van der Waals surface area (Å²) < 4.78 is 37.9. The van der Waals surface area contributed by atoms with Crippen molar-refractivity contribution in [2.24, 2.45) is 5.92 Å². The molecule has 0 saturated carbocycles. The van der Waals surface area contributed by atoms with Crippen molar-refractivity contribution in [1.29, 1.82) is 0 Å². The van der Waals surface area contributed by atoms with Crippen LogP contribution in [-0.2, 0) is 9.53 Å². The summed E-state index contributed by atoms with van der Waals surface area (Å²) in [6.45, 7) is 0.368. The van der Waals surface area contributed by atoms with E-state index in [4.69, 9.17) is 0 Å². The molecule has 1 amide bonds. The molecule has 3 nitrogen and oxygen atoms in total. The van der Waals surface area contributed by atoms with Crippen LogP contribution in [0, 0.1) is 5.92 Å². The summed E-state index contributed by atoms with van der Waals surface area (Å²) in [4.78, 5) is 11.4. The summed E-state index contributed by atoms with van der Waals surface area (Å²) in [5.41, 5.74) is 0. The van der Waals surface area contributed by atoms with Crippen LogP contribution < -0.4 is 0 Å². The normalized spacial score (nSPS) is 19.1. The maximum atomic E-state index is 11.5. The van der Waals surface area contributed by atoms with Gasteiger partial charge in [-0.15, -0.1) is 13.2 Å². The summed E-state index contributed by atoms with van der Waals surface area (Å²) in [6, 6.07) is 0. The zero-order chi connectivity index (χ0) is 9.19. The molecule has 0 unspecified atom stereocenters. The SMILES string of the molecule is O=CN1CC(COC(F)(F)F)C1. The molecule has 0 atom stereocenters. The summed E-state index contributed by atoms with van der Waals surface area (Å²) in [6.07, 6.45) is -3.94. The van der Waals surface area contributed by atoms with E-state index in [1.54, 1.807) is 0 Å². The minimum Gasteiger partial charge on any atom is -0.344 e. The number of halogens is 3. The van der Waals surface area contributed by atoms with E-state index in [2.05, 4.69) is 4.74 Å². The van der Waals surface area contributed by atoms with Gasteiger partial charge < -0.3 is 4.90 Å². The lowest BCUT2D eigenvalue weighted by atomic mass is 10.0. The van der Waals surface area contributed by atoms with E-state index in [9.17, 15) is 18.0 Å². The van der Waals surface area contributed by atoms with Crippen LogP contribution in [-0.4, -0.2) is 37.4 Å². The molecule has 0 bridgehead atoms. The number of rotatable bonds is 3. The maximum absolute atomic E-state index is 11.5. The molecule has 0 aliphatic carbocycles. The predicted molar refractivity (Wildman–Crippen MR) is 33.1 cm³/mol. The third-order valence-electron chi connectivity index (χ3n) is 1.62. The number of amides is 1. The molecule has 0 aromatic rings. The van der Waals surface area contributed by atoms with Gasteiger partial charge in [-0.2, -0.15) is 0 Å². The Labute approximate surface area is 67.1 Å². The van der Waals surface area contributed by atoms with Crippen molar-refractivity contribution in [2.75, 3.05) is 19.7 Å². The lowest BCUT2D eigenvalue weighted by Crippen LogP contribution is -2.48. The highest BCUT2D eigenvalue weighted by molar-refractivity contribution is 5.48. The van der Waals surface area contributed by atoms with Crippen LogP contribution >= 0.6 is 0 Å². The van der Waals surface area contributed by atoms with Gasteiger partial charge in [0.1, 0.15) is 0 Å². The topological polar surface area (TPSA) is 29.5 Å². The first-order valence-corrected chi connectivity index (χ1v) is 3.41. The van der Waals surface area contributed by atoms with Crippen LogP contribution in [0.15, 0.2) is 0 Å². The fourth-order valence-corrected chi connectivity index (χ4v) is 1.01. The molecule has 6 heteroatoms. The Morgan fingerprint density at radius 2 is 2.08 bits per heavy atom. The molecule has 1 rings (SSSR count). The van der Waals surface area contributed by atoms with Crippen molar-refractivity contribution in [2.45, 2.75) is 6.36 Å². The molecule has 0 aromatic heterocycles. The molecule has 0 aromatic carbocycles. The van der Waals surface area contributed by atoms with Gasteiger partial charge in [-0.3, -0.25) is 9.53 Å². The van der Waals surface area contributed by atoms with Gasteiger partial charge in [-0.1, -0.05) is 0 Å². The van der Waals surface area contributed by atoms with E-state index in [1.165, 1.54) is 4.90 Å². The van der Waals surface area contributed by atoms with Crippen LogP contribution in [0.1, 0.15) is 0 Å². The average molecular weight is 183 g/mol. The average Bonchev–Trinajstić information content (AvgIpc) is 1.82. The fourth-order valence-electron chi connectivity index (χ4n) is 1.01. The van der Waals surface area contributed by atoms with Gasteiger partial charge in [-0.05, 0) is 0 Å². The Hall–Kier alpha value is -0.780. The lowest BCUT2D eigenvalue weighted by molar-refractivity contribution is -0.330. The first-order chi connectivity index (χ1) is 5.51. The van der Waals surface area contributed by atoms with Gasteiger partial charge >= 0.3 is 6.36 Å². The molecular formula is C6H8F3NO2. The van der Waals surface area contributed by atoms with Crippen LogP contribution in [0.3, 0.4) is 0 Å². The van der Waals surface area contributed by atoms with Gasteiger partial charge in [-0.25, -0.2) is 0 Å². The van der Waals surface area contributed by atoms with E-state index in [-0.39, 0.29) is 12.5 Å². The number of likely N-dealkylation sites (tertiary alicyclic amines) is 1. The molecule has 70 valence electrons. The van der Waals surface area contributed by atoms with Crippen molar-refractivity contribution >= 4 is 6.41 Å². The molecule has 1 saturated heterocycles. The van der Waals surface area contributed by atoms with Crippen molar-refractivity contribution in [3.63, 3.8) is 0 Å². The van der Waals surface area contributed by atoms with Crippen molar-refractivity contribution < 1.29 is 22.7 Å². The van der Waals surface area contributed by atoms with Crippen molar-refractivity contribution in [1.82, 2.24) is 4.90 Å². The van der Waals surface area contributed by atoms with E-state index in [0.717, 1.165) is 0 Å². The third kappa shape index (κ3) is 2.69. The summed E-state index contributed by atoms with van der Waals surface area (Å²) in [5.74, 6) is -0.170. The highest BCUT2D eigenvalue weighted by Gasteiger charge is 2.33. The number of nitrogens with zero attached hydrogens (tertiary/aromatic N) is 1. The van der Waals surface area contributed by atoms with Gasteiger partial charge in [0.05, 0.1) is 6.61 Å². The van der Waals surface area contributed by atoms with Crippen LogP contribution in [0.4, 0.5) is 13.2 Å². The van der Waals surface area contributed by atoms with E-state index >= 15 is 0 Å². The molecular weight excluding hydrogens is 175 g/mol. The van der Waals surface area contributed by atoms with Gasteiger partial charge in [0.15, 0.2) is 0 Å². The standard InChI is InChI=1S/C6H8F3NO2/c7-6(8,9)12-3-5-1-10(2-5)4-11/h4-5H,1-3H2. The van der Waals surface area contributed by atoms with Gasteiger partial charge in [0.25, 0.3) is 0 Å². The van der Waals surface area contributed by atoms with Crippen LogP contribution in [0.25, 0.3) is 0 Å². The molecule has 1 heterocycles. The lowest BCUT2D eigenvalue weighted by Gasteiger charge is -2.35. The predicted octanol–water partition coefficient (Wildman–Crippen LogP) is 0.611. The number of ether oxygens (including phenoxy) is 1. The first kappa shape index (κ1) is 9.31. The minimum atomic E-state index is -4.55. The molecule has 12 heavy (non-hydrogen) atoms. The Morgan fingerprint density at radius 3 is 2.50 bits per heavy atom. The highest BCUT2D eigenvalue weighted by atomic mass is 19.4. The second-order valence-corrected chi connectivity index (χ2v) is 2.68. The maximum Gasteiger partial charge on any atom is 0.522 e. The Morgan fingerprint density at radius 1 is 1.50 bits per heavy atom. The number of hydrogen-bond donors (Lipinski definition) is 0. The quantitative estimate of drug-likeness (QED) is 0.600. The fraction of sp³-hybridized carbons (Fsp3) is 0.833. The van der Waals surface area contributed by atoms with E-state index in [0.29, 0.717) is 19.5 Å². The summed E-state index contributed by atoms with van der Waals surface area (Å²) >= 11 is 0.